The van der Waals surface area contributed by atoms with Gasteiger partial charge in [-0.05, 0) is 67.9 Å². The molecule has 0 N–H and O–H groups in total. The molecule has 0 spiro atoms. The fourth-order valence-corrected chi connectivity index (χ4v) is 4.97. The summed E-state index contributed by atoms with van der Waals surface area (Å²) in [6.07, 6.45) is 7.40. The van der Waals surface area contributed by atoms with Crippen LogP contribution in [-0.4, -0.2) is 24.5 Å². The Morgan fingerprint density at radius 3 is 2.35 bits per heavy atom. The molecule has 0 aromatic heterocycles. The molecule has 0 aromatic rings. The van der Waals surface area contributed by atoms with Gasteiger partial charge in [0.15, 0.2) is 0 Å². The molecule has 1 aliphatic heterocycles. The van der Waals surface area contributed by atoms with Gasteiger partial charge in [-0.2, -0.15) is 0 Å². The lowest BCUT2D eigenvalue weighted by Crippen LogP contribution is -2.56. The van der Waals surface area contributed by atoms with Crippen molar-refractivity contribution in [3.63, 3.8) is 0 Å². The molecule has 4 fully saturated rings. The van der Waals surface area contributed by atoms with E-state index in [1.165, 1.54) is 51.7 Å². The molecule has 0 aromatic carbocycles. The van der Waals surface area contributed by atoms with E-state index in [-0.39, 0.29) is 0 Å². The summed E-state index contributed by atoms with van der Waals surface area (Å²) in [4.78, 5) is 2.75. The van der Waals surface area contributed by atoms with Gasteiger partial charge in [0, 0.05) is 6.54 Å². The van der Waals surface area contributed by atoms with Crippen LogP contribution in [0.1, 0.15) is 52.9 Å². The van der Waals surface area contributed by atoms with Crippen molar-refractivity contribution in [1.82, 2.24) is 4.90 Å². The summed E-state index contributed by atoms with van der Waals surface area (Å²) in [5.41, 5.74) is 0.664. The standard InChI is InChI=1S/C16H29N/c1-12-13(11-17-7-5-4-6-8-17)9-14-10-15(12)16(14,2)3/h12-15H,4-11H2,1-3H3. The van der Waals surface area contributed by atoms with Crippen LogP contribution in [0.25, 0.3) is 0 Å². The van der Waals surface area contributed by atoms with Crippen LogP contribution in [-0.2, 0) is 0 Å². The van der Waals surface area contributed by atoms with Crippen LogP contribution >= 0.6 is 0 Å². The van der Waals surface area contributed by atoms with Crippen LogP contribution in [0.4, 0.5) is 0 Å². The first kappa shape index (κ1) is 12.0. The Balaban J connectivity index is 1.59. The highest BCUT2D eigenvalue weighted by Crippen LogP contribution is 2.62. The molecule has 3 aliphatic carbocycles. The highest BCUT2D eigenvalue weighted by atomic mass is 15.1. The Bertz CT molecular complexity index is 277. The van der Waals surface area contributed by atoms with Crippen molar-refractivity contribution in [3.05, 3.63) is 0 Å². The third-order valence-corrected chi connectivity index (χ3v) is 6.45. The zero-order valence-corrected chi connectivity index (χ0v) is 11.9. The van der Waals surface area contributed by atoms with Crippen molar-refractivity contribution in [2.45, 2.75) is 52.9 Å². The first-order chi connectivity index (χ1) is 8.09. The Kier molecular flexibility index (Phi) is 3.01. The molecule has 4 aliphatic rings. The molecule has 0 radical (unpaired) electrons. The van der Waals surface area contributed by atoms with Gasteiger partial charge in [-0.25, -0.2) is 0 Å². The number of hydrogen-bond donors (Lipinski definition) is 0. The summed E-state index contributed by atoms with van der Waals surface area (Å²) in [6.45, 7) is 11.7. The zero-order valence-electron chi connectivity index (χ0n) is 11.9. The molecule has 17 heavy (non-hydrogen) atoms. The second kappa shape index (κ2) is 4.26. The lowest BCUT2D eigenvalue weighted by molar-refractivity contribution is -0.133. The van der Waals surface area contributed by atoms with Crippen LogP contribution in [0.15, 0.2) is 0 Å². The highest BCUT2D eigenvalue weighted by Gasteiger charge is 2.56. The van der Waals surface area contributed by atoms with E-state index in [9.17, 15) is 0 Å². The Labute approximate surface area is 107 Å². The summed E-state index contributed by atoms with van der Waals surface area (Å²) in [6, 6.07) is 0. The van der Waals surface area contributed by atoms with E-state index >= 15 is 0 Å². The second-order valence-electron chi connectivity index (χ2n) is 7.58. The topological polar surface area (TPSA) is 3.24 Å². The number of fused-ring (bicyclic) bond motifs is 2. The van der Waals surface area contributed by atoms with Crippen LogP contribution in [0.2, 0.25) is 0 Å². The van der Waals surface area contributed by atoms with Crippen molar-refractivity contribution in [1.29, 1.82) is 0 Å². The second-order valence-corrected chi connectivity index (χ2v) is 7.58. The van der Waals surface area contributed by atoms with Gasteiger partial charge < -0.3 is 4.90 Å². The van der Waals surface area contributed by atoms with E-state index in [0.29, 0.717) is 5.41 Å². The fraction of sp³-hybridized carbons (Fsp3) is 1.00. The molecule has 1 heterocycles. The molecule has 4 unspecified atom stereocenters. The van der Waals surface area contributed by atoms with Gasteiger partial charge in [-0.3, -0.25) is 0 Å². The minimum Gasteiger partial charge on any atom is -0.303 e. The lowest BCUT2D eigenvalue weighted by atomic mass is 9.43. The van der Waals surface area contributed by atoms with Crippen LogP contribution in [0.3, 0.4) is 0 Å². The Morgan fingerprint density at radius 1 is 1.06 bits per heavy atom. The average Bonchev–Trinajstić information content (AvgIpc) is 2.32. The summed E-state index contributed by atoms with van der Waals surface area (Å²) < 4.78 is 0. The quantitative estimate of drug-likeness (QED) is 0.704. The van der Waals surface area contributed by atoms with Crippen molar-refractivity contribution in [2.75, 3.05) is 19.6 Å². The van der Waals surface area contributed by atoms with Crippen molar-refractivity contribution in [2.24, 2.45) is 29.1 Å². The number of hydrogen-bond acceptors (Lipinski definition) is 1. The predicted octanol–water partition coefficient (Wildman–Crippen LogP) is 3.79. The van der Waals surface area contributed by atoms with Gasteiger partial charge in [0.05, 0.1) is 0 Å². The Morgan fingerprint density at radius 2 is 1.76 bits per heavy atom. The molecule has 1 saturated heterocycles. The molecule has 4 atom stereocenters. The van der Waals surface area contributed by atoms with Gasteiger partial charge in [-0.15, -0.1) is 0 Å². The molecule has 3 saturated carbocycles. The zero-order chi connectivity index (χ0) is 12.0. The van der Waals surface area contributed by atoms with Crippen LogP contribution in [0, 0.1) is 29.1 Å². The van der Waals surface area contributed by atoms with Gasteiger partial charge in [-0.1, -0.05) is 27.2 Å². The van der Waals surface area contributed by atoms with Crippen LogP contribution < -0.4 is 0 Å². The van der Waals surface area contributed by atoms with Crippen LogP contribution in [0.5, 0.6) is 0 Å². The molecule has 0 amide bonds. The van der Waals surface area contributed by atoms with Gasteiger partial charge in [0.1, 0.15) is 0 Å². The van der Waals surface area contributed by atoms with E-state index in [1.807, 2.05) is 0 Å². The first-order valence-corrected chi connectivity index (χ1v) is 7.81. The maximum atomic E-state index is 2.75. The summed E-state index contributed by atoms with van der Waals surface area (Å²) in [5.74, 6) is 4.04. The molecule has 1 heteroatoms. The van der Waals surface area contributed by atoms with Crippen molar-refractivity contribution >= 4 is 0 Å². The lowest BCUT2D eigenvalue weighted by Gasteiger charge is -2.62. The normalized spacial score (nSPS) is 45.4. The fourth-order valence-electron chi connectivity index (χ4n) is 4.97. The number of nitrogens with zero attached hydrogens (tertiary/aromatic N) is 1. The maximum Gasteiger partial charge on any atom is 0.00124 e. The third kappa shape index (κ3) is 1.95. The molecule has 1 nitrogen and oxygen atoms in total. The van der Waals surface area contributed by atoms with E-state index in [2.05, 4.69) is 25.7 Å². The van der Waals surface area contributed by atoms with E-state index in [1.54, 1.807) is 0 Å². The highest BCUT2D eigenvalue weighted by molar-refractivity contribution is 5.05. The van der Waals surface area contributed by atoms with Gasteiger partial charge in [0.2, 0.25) is 0 Å². The summed E-state index contributed by atoms with van der Waals surface area (Å²) in [7, 11) is 0. The Hall–Kier alpha value is -0.0400. The smallest absolute Gasteiger partial charge is 0.00124 e. The summed E-state index contributed by atoms with van der Waals surface area (Å²) >= 11 is 0. The molecular weight excluding hydrogens is 206 g/mol. The minimum absolute atomic E-state index is 0.664. The SMILES string of the molecule is CC1C(CN2CCCCC2)CC2CC1C2(C)C. The first-order valence-electron chi connectivity index (χ1n) is 7.81. The average molecular weight is 235 g/mol. The van der Waals surface area contributed by atoms with Gasteiger partial charge in [0.25, 0.3) is 0 Å². The third-order valence-electron chi connectivity index (χ3n) is 6.45. The molecular formula is C16H29N. The van der Waals surface area contributed by atoms with E-state index < -0.39 is 0 Å². The number of likely N-dealkylation sites (tertiary alicyclic amines) is 1. The van der Waals surface area contributed by atoms with E-state index in [0.717, 1.165) is 23.7 Å². The van der Waals surface area contributed by atoms with Gasteiger partial charge >= 0.3 is 0 Å². The maximum absolute atomic E-state index is 2.75. The summed E-state index contributed by atoms with van der Waals surface area (Å²) in [5, 5.41) is 0. The number of piperidine rings is 1. The van der Waals surface area contributed by atoms with Crippen molar-refractivity contribution < 1.29 is 0 Å². The van der Waals surface area contributed by atoms with Crippen molar-refractivity contribution in [3.8, 4) is 0 Å². The predicted molar refractivity (Wildman–Crippen MR) is 72.9 cm³/mol. The molecule has 4 rings (SSSR count). The number of rotatable bonds is 2. The minimum atomic E-state index is 0.664. The molecule has 2 bridgehead atoms. The molecule has 98 valence electrons. The largest absolute Gasteiger partial charge is 0.303 e. The monoisotopic (exact) mass is 235 g/mol. The van der Waals surface area contributed by atoms with E-state index in [4.69, 9.17) is 0 Å².